The van der Waals surface area contributed by atoms with Crippen molar-refractivity contribution in [3.63, 3.8) is 0 Å². The van der Waals surface area contributed by atoms with Crippen molar-refractivity contribution in [1.29, 1.82) is 0 Å². The summed E-state index contributed by atoms with van der Waals surface area (Å²) in [6.45, 7) is 0.770. The molecule has 2 rings (SSSR count). The fourth-order valence-corrected chi connectivity index (χ4v) is 1.60. The van der Waals surface area contributed by atoms with Gasteiger partial charge < -0.3 is 4.74 Å². The van der Waals surface area contributed by atoms with Gasteiger partial charge in [0, 0.05) is 5.56 Å². The molecule has 0 spiro atoms. The summed E-state index contributed by atoms with van der Waals surface area (Å²) in [5, 5.41) is 0. The van der Waals surface area contributed by atoms with E-state index in [1.54, 1.807) is 12.4 Å². The molecule has 1 aromatic carbocycles. The molecule has 0 unspecified atom stereocenters. The summed E-state index contributed by atoms with van der Waals surface area (Å²) < 4.78 is 7.37. The fraction of sp³-hybridized carbons (Fsp3) is 0.167. The minimum Gasteiger partial charge on any atom is -0.432 e. The second-order valence-corrected chi connectivity index (χ2v) is 3.56. The first-order chi connectivity index (χ1) is 7.90. The van der Waals surface area contributed by atoms with Gasteiger partial charge in [0.25, 0.3) is 0 Å². The van der Waals surface area contributed by atoms with Crippen molar-refractivity contribution >= 4 is 12.6 Å². The Kier molecular flexibility index (Phi) is 3.77. The van der Waals surface area contributed by atoms with Crippen molar-refractivity contribution in [2.75, 3.05) is 5.94 Å². The van der Waals surface area contributed by atoms with Gasteiger partial charge in [-0.05, 0) is 0 Å². The summed E-state index contributed by atoms with van der Waals surface area (Å²) in [6.07, 6.45) is 5.33. The SMILES string of the molecule is SCOc1cncc[n+]1Cc1ccccc1. The van der Waals surface area contributed by atoms with E-state index in [4.69, 9.17) is 4.74 Å². The number of rotatable bonds is 4. The van der Waals surface area contributed by atoms with Gasteiger partial charge in [-0.2, -0.15) is 4.57 Å². The Hall–Kier alpha value is -1.55. The van der Waals surface area contributed by atoms with Gasteiger partial charge in [-0.15, -0.1) is 12.6 Å². The predicted octanol–water partition coefficient (Wildman–Crippen LogP) is 1.68. The van der Waals surface area contributed by atoms with Gasteiger partial charge >= 0.3 is 5.88 Å². The molecular weight excluding hydrogens is 220 g/mol. The van der Waals surface area contributed by atoms with Crippen LogP contribution in [-0.2, 0) is 6.54 Å². The van der Waals surface area contributed by atoms with Gasteiger partial charge in [-0.1, -0.05) is 30.3 Å². The molecule has 0 aliphatic heterocycles. The van der Waals surface area contributed by atoms with E-state index in [1.165, 1.54) is 5.56 Å². The lowest BCUT2D eigenvalue weighted by Crippen LogP contribution is -2.36. The number of hydrogen-bond donors (Lipinski definition) is 1. The van der Waals surface area contributed by atoms with E-state index in [0.29, 0.717) is 5.94 Å². The van der Waals surface area contributed by atoms with E-state index in [9.17, 15) is 0 Å². The molecule has 0 amide bonds. The van der Waals surface area contributed by atoms with Gasteiger partial charge in [-0.25, -0.2) is 4.98 Å². The Bertz CT molecular complexity index is 448. The van der Waals surface area contributed by atoms with Crippen LogP contribution in [0.2, 0.25) is 0 Å². The lowest BCUT2D eigenvalue weighted by atomic mass is 10.2. The van der Waals surface area contributed by atoms with Crippen LogP contribution in [0.4, 0.5) is 0 Å². The highest BCUT2D eigenvalue weighted by Crippen LogP contribution is 2.03. The second-order valence-electron chi connectivity index (χ2n) is 3.30. The topological polar surface area (TPSA) is 26.0 Å². The Morgan fingerprint density at radius 3 is 2.81 bits per heavy atom. The molecule has 16 heavy (non-hydrogen) atoms. The summed E-state index contributed by atoms with van der Waals surface area (Å²) in [4.78, 5) is 4.03. The number of nitrogens with zero attached hydrogens (tertiary/aromatic N) is 2. The third-order valence-corrected chi connectivity index (χ3v) is 2.34. The smallest absolute Gasteiger partial charge is 0.387 e. The molecular formula is C12H13N2OS+. The maximum Gasteiger partial charge on any atom is 0.387 e. The predicted molar refractivity (Wildman–Crippen MR) is 64.5 cm³/mol. The largest absolute Gasteiger partial charge is 0.432 e. The van der Waals surface area contributed by atoms with Crippen LogP contribution in [0.1, 0.15) is 5.56 Å². The van der Waals surface area contributed by atoms with Crippen molar-refractivity contribution in [2.24, 2.45) is 0 Å². The van der Waals surface area contributed by atoms with Gasteiger partial charge in [0.2, 0.25) is 0 Å². The molecule has 0 radical (unpaired) electrons. The number of ether oxygens (including phenoxy) is 1. The Morgan fingerprint density at radius 1 is 1.25 bits per heavy atom. The van der Waals surface area contributed by atoms with Crippen LogP contribution >= 0.6 is 12.6 Å². The molecule has 1 heterocycles. The van der Waals surface area contributed by atoms with Crippen molar-refractivity contribution in [2.45, 2.75) is 6.54 Å². The van der Waals surface area contributed by atoms with Gasteiger partial charge in [0.1, 0.15) is 12.1 Å². The van der Waals surface area contributed by atoms with E-state index in [0.717, 1.165) is 12.4 Å². The van der Waals surface area contributed by atoms with Gasteiger partial charge in [-0.3, -0.25) is 0 Å². The van der Waals surface area contributed by atoms with Gasteiger partial charge in [0.15, 0.2) is 12.7 Å². The first kappa shape index (κ1) is 11.0. The average Bonchev–Trinajstić information content (AvgIpc) is 2.33. The monoisotopic (exact) mass is 233 g/mol. The number of aromatic nitrogens is 2. The quantitative estimate of drug-likeness (QED) is 0.494. The van der Waals surface area contributed by atoms with Crippen molar-refractivity contribution in [1.82, 2.24) is 4.98 Å². The zero-order chi connectivity index (χ0) is 11.2. The number of thiol groups is 1. The first-order valence-electron chi connectivity index (χ1n) is 5.01. The van der Waals surface area contributed by atoms with Crippen molar-refractivity contribution in [3.05, 3.63) is 54.5 Å². The highest BCUT2D eigenvalue weighted by molar-refractivity contribution is 7.80. The molecule has 0 bridgehead atoms. The zero-order valence-electron chi connectivity index (χ0n) is 8.78. The molecule has 1 aromatic heterocycles. The number of benzene rings is 1. The van der Waals surface area contributed by atoms with E-state index >= 15 is 0 Å². The van der Waals surface area contributed by atoms with Crippen LogP contribution in [0.15, 0.2) is 48.9 Å². The van der Waals surface area contributed by atoms with E-state index in [-0.39, 0.29) is 0 Å². The maximum atomic E-state index is 5.37. The van der Waals surface area contributed by atoms with E-state index in [2.05, 4.69) is 29.7 Å². The molecule has 0 fully saturated rings. The molecule has 0 atom stereocenters. The summed E-state index contributed by atoms with van der Waals surface area (Å²) in [5.74, 6) is 1.07. The van der Waals surface area contributed by atoms with Crippen LogP contribution in [-0.4, -0.2) is 10.9 Å². The van der Waals surface area contributed by atoms with Crippen LogP contribution in [0.5, 0.6) is 5.88 Å². The summed E-state index contributed by atoms with van der Waals surface area (Å²) >= 11 is 4.04. The Labute approximate surface area is 100 Å². The summed E-state index contributed by atoms with van der Waals surface area (Å²) in [5.41, 5.74) is 1.22. The molecule has 2 aromatic rings. The first-order valence-corrected chi connectivity index (χ1v) is 5.64. The van der Waals surface area contributed by atoms with Gasteiger partial charge in [0.05, 0.1) is 6.20 Å². The molecule has 4 heteroatoms. The maximum absolute atomic E-state index is 5.37. The molecule has 0 saturated heterocycles. The number of hydrogen-bond acceptors (Lipinski definition) is 3. The van der Waals surface area contributed by atoms with Crippen LogP contribution in [0.25, 0.3) is 0 Å². The normalized spacial score (nSPS) is 10.1. The minimum atomic E-state index is 0.348. The minimum absolute atomic E-state index is 0.348. The van der Waals surface area contributed by atoms with Crippen LogP contribution < -0.4 is 9.30 Å². The zero-order valence-corrected chi connectivity index (χ0v) is 9.68. The van der Waals surface area contributed by atoms with Crippen LogP contribution in [0.3, 0.4) is 0 Å². The fourth-order valence-electron chi connectivity index (χ4n) is 1.47. The average molecular weight is 233 g/mol. The third-order valence-electron chi connectivity index (χ3n) is 2.21. The Balaban J connectivity index is 2.21. The molecule has 82 valence electrons. The van der Waals surface area contributed by atoms with Crippen LogP contribution in [0, 0.1) is 0 Å². The highest BCUT2D eigenvalue weighted by Gasteiger charge is 2.11. The molecule has 3 nitrogen and oxygen atoms in total. The van der Waals surface area contributed by atoms with E-state index in [1.807, 2.05) is 29.0 Å². The van der Waals surface area contributed by atoms with E-state index < -0.39 is 0 Å². The third kappa shape index (κ3) is 2.73. The molecule has 0 aliphatic carbocycles. The molecule has 0 N–H and O–H groups in total. The van der Waals surface area contributed by atoms with Crippen molar-refractivity contribution in [3.8, 4) is 5.88 Å². The lowest BCUT2D eigenvalue weighted by molar-refractivity contribution is -0.693. The standard InChI is InChI=1S/C12H12N2OS/c16-10-15-12-8-13-6-7-14(12)9-11-4-2-1-3-5-11/h1-8H,9-10H2/p+1. The molecule has 0 saturated carbocycles. The Morgan fingerprint density at radius 2 is 2.06 bits per heavy atom. The summed E-state index contributed by atoms with van der Waals surface area (Å²) in [7, 11) is 0. The second kappa shape index (κ2) is 5.51. The lowest BCUT2D eigenvalue weighted by Gasteiger charge is -2.02. The highest BCUT2D eigenvalue weighted by atomic mass is 32.1. The molecule has 0 aliphatic rings. The van der Waals surface area contributed by atoms with Crippen molar-refractivity contribution < 1.29 is 9.30 Å². The summed E-state index contributed by atoms with van der Waals surface area (Å²) in [6, 6.07) is 10.2.